The van der Waals surface area contributed by atoms with Gasteiger partial charge in [0.05, 0.1) is 11.1 Å². The topological polar surface area (TPSA) is 63.4 Å². The number of carbonyl (C=O) groups excluding carboxylic acids is 1. The summed E-state index contributed by atoms with van der Waals surface area (Å²) in [4.78, 5) is 24.9. The molecule has 194 valence electrons. The molecule has 1 amide bonds. The smallest absolute Gasteiger partial charge is 0.277 e. The van der Waals surface area contributed by atoms with Crippen LogP contribution in [0.4, 0.5) is 0 Å². The molecule has 3 aliphatic rings. The van der Waals surface area contributed by atoms with Crippen LogP contribution >= 0.6 is 0 Å². The average molecular weight is 498 g/mol. The van der Waals surface area contributed by atoms with Crippen molar-refractivity contribution in [3.8, 4) is 0 Å². The number of fused-ring (bicyclic) bond motifs is 2. The van der Waals surface area contributed by atoms with E-state index in [4.69, 9.17) is 4.98 Å². The van der Waals surface area contributed by atoms with Crippen LogP contribution in [-0.4, -0.2) is 51.4 Å². The van der Waals surface area contributed by atoms with Crippen LogP contribution in [0.5, 0.6) is 0 Å². The normalized spacial score (nSPS) is 23.2. The second kappa shape index (κ2) is 10.9. The lowest BCUT2D eigenvalue weighted by Gasteiger charge is -2.28. The number of aryl methyl sites for hydroxylation is 1. The first-order chi connectivity index (χ1) is 18.1. The second-order valence-electron chi connectivity index (χ2n) is 11.5. The van der Waals surface area contributed by atoms with Gasteiger partial charge in [0.15, 0.2) is 0 Å². The fraction of sp³-hybridized carbons (Fsp3) is 0.548. The zero-order valence-electron chi connectivity index (χ0n) is 22.1. The van der Waals surface area contributed by atoms with E-state index in [-0.39, 0.29) is 5.91 Å². The third kappa shape index (κ3) is 5.54. The van der Waals surface area contributed by atoms with Crippen molar-refractivity contribution in [3.05, 3.63) is 59.0 Å². The van der Waals surface area contributed by atoms with E-state index in [0.29, 0.717) is 11.5 Å². The predicted octanol–water partition coefficient (Wildman–Crippen LogP) is 5.74. The van der Waals surface area contributed by atoms with E-state index < -0.39 is 0 Å². The molecule has 2 aromatic heterocycles. The van der Waals surface area contributed by atoms with Crippen LogP contribution in [0.15, 0.2) is 41.5 Å². The molecule has 0 radical (unpaired) electrons. The molecule has 0 unspecified atom stereocenters. The van der Waals surface area contributed by atoms with Gasteiger partial charge in [-0.2, -0.15) is 5.10 Å². The number of benzene rings is 1. The maximum absolute atomic E-state index is 12.8. The van der Waals surface area contributed by atoms with Crippen molar-refractivity contribution in [2.45, 2.75) is 70.1 Å². The monoisotopic (exact) mass is 497 g/mol. The Bertz CT molecular complexity index is 1280. The van der Waals surface area contributed by atoms with Gasteiger partial charge in [-0.1, -0.05) is 18.6 Å². The van der Waals surface area contributed by atoms with E-state index in [9.17, 15) is 4.79 Å². The summed E-state index contributed by atoms with van der Waals surface area (Å²) in [5.41, 5.74) is 5.66. The molecule has 6 rings (SSSR count). The van der Waals surface area contributed by atoms with Crippen molar-refractivity contribution in [1.82, 2.24) is 19.7 Å². The van der Waals surface area contributed by atoms with E-state index >= 15 is 0 Å². The number of hydrogen-bond donors (Lipinski definition) is 0. The SMILES string of the molecule is Cn1cc2c(C(=O)N=CC3CCC(CCN4CCc5ccc(C6CCC6)nc5CC4)CC3)cccc2n1. The lowest BCUT2D eigenvalue weighted by Crippen LogP contribution is -2.29. The molecule has 1 aliphatic heterocycles. The van der Waals surface area contributed by atoms with Crippen molar-refractivity contribution in [2.24, 2.45) is 23.9 Å². The van der Waals surface area contributed by atoms with Gasteiger partial charge in [-0.25, -0.2) is 4.99 Å². The molecule has 37 heavy (non-hydrogen) atoms. The Balaban J connectivity index is 0.957. The zero-order chi connectivity index (χ0) is 25.2. The Hall–Kier alpha value is -2.86. The van der Waals surface area contributed by atoms with Crippen molar-refractivity contribution < 1.29 is 4.79 Å². The molecule has 3 heterocycles. The van der Waals surface area contributed by atoms with Crippen molar-refractivity contribution in [3.63, 3.8) is 0 Å². The second-order valence-corrected chi connectivity index (χ2v) is 11.5. The third-order valence-electron chi connectivity index (χ3n) is 9.02. The number of rotatable bonds is 6. The summed E-state index contributed by atoms with van der Waals surface area (Å²) >= 11 is 0. The highest BCUT2D eigenvalue weighted by molar-refractivity contribution is 6.08. The molecule has 3 aromatic rings. The highest BCUT2D eigenvalue weighted by Crippen LogP contribution is 2.36. The van der Waals surface area contributed by atoms with Crippen LogP contribution in [0.2, 0.25) is 0 Å². The molecular formula is C31H39N5O. The molecule has 6 heteroatoms. The van der Waals surface area contributed by atoms with Crippen molar-refractivity contribution in [1.29, 1.82) is 0 Å². The first-order valence-electron chi connectivity index (χ1n) is 14.3. The van der Waals surface area contributed by atoms with Gasteiger partial charge in [0.1, 0.15) is 0 Å². The van der Waals surface area contributed by atoms with Gasteiger partial charge in [-0.05, 0) is 93.5 Å². The Morgan fingerprint density at radius 1 is 1.05 bits per heavy atom. The van der Waals surface area contributed by atoms with Crippen LogP contribution in [0.25, 0.3) is 10.9 Å². The van der Waals surface area contributed by atoms with Crippen molar-refractivity contribution >= 4 is 23.0 Å². The first kappa shape index (κ1) is 24.5. The number of aliphatic imine (C=N–C) groups is 1. The average Bonchev–Trinajstić information content (AvgIpc) is 3.15. The molecule has 2 saturated carbocycles. The first-order valence-corrected chi connectivity index (χ1v) is 14.3. The summed E-state index contributed by atoms with van der Waals surface area (Å²) in [5.74, 6) is 1.77. The molecule has 6 nitrogen and oxygen atoms in total. The Morgan fingerprint density at radius 3 is 2.70 bits per heavy atom. The third-order valence-corrected chi connectivity index (χ3v) is 9.02. The largest absolute Gasteiger partial charge is 0.303 e. The molecule has 0 spiro atoms. The highest BCUT2D eigenvalue weighted by Gasteiger charge is 2.24. The van der Waals surface area contributed by atoms with Crippen LogP contribution in [0.3, 0.4) is 0 Å². The minimum absolute atomic E-state index is 0.155. The molecule has 2 aliphatic carbocycles. The number of hydrogen-bond acceptors (Lipinski definition) is 4. The van der Waals surface area contributed by atoms with Gasteiger partial charge in [0.2, 0.25) is 0 Å². The van der Waals surface area contributed by atoms with Gasteiger partial charge in [-0.3, -0.25) is 14.5 Å². The summed E-state index contributed by atoms with van der Waals surface area (Å²) in [5, 5.41) is 5.28. The number of pyridine rings is 1. The van der Waals surface area contributed by atoms with Crippen LogP contribution in [-0.2, 0) is 19.9 Å². The molecule has 0 bridgehead atoms. The lowest BCUT2D eigenvalue weighted by atomic mass is 9.81. The summed E-state index contributed by atoms with van der Waals surface area (Å²) in [6, 6.07) is 10.3. The minimum Gasteiger partial charge on any atom is -0.303 e. The molecule has 2 fully saturated rings. The van der Waals surface area contributed by atoms with E-state index in [1.807, 2.05) is 37.7 Å². The fourth-order valence-corrected chi connectivity index (χ4v) is 6.38. The lowest BCUT2D eigenvalue weighted by molar-refractivity contribution is 0.100. The van der Waals surface area contributed by atoms with E-state index in [2.05, 4.69) is 27.1 Å². The quantitative estimate of drug-likeness (QED) is 0.407. The van der Waals surface area contributed by atoms with Crippen LogP contribution < -0.4 is 0 Å². The molecule has 0 atom stereocenters. The van der Waals surface area contributed by atoms with Gasteiger partial charge in [0, 0.05) is 61.7 Å². The van der Waals surface area contributed by atoms with Crippen molar-refractivity contribution in [2.75, 3.05) is 19.6 Å². The highest BCUT2D eigenvalue weighted by atomic mass is 16.1. The molecule has 0 N–H and O–H groups in total. The Labute approximate surface area is 220 Å². The summed E-state index contributed by atoms with van der Waals surface area (Å²) < 4.78 is 1.75. The Kier molecular flexibility index (Phi) is 7.18. The summed E-state index contributed by atoms with van der Waals surface area (Å²) in [6.07, 6.45) is 16.1. The molecule has 0 saturated heterocycles. The van der Waals surface area contributed by atoms with E-state index in [1.165, 1.54) is 62.0 Å². The molecular weight excluding hydrogens is 458 g/mol. The van der Waals surface area contributed by atoms with Gasteiger partial charge < -0.3 is 4.90 Å². The maximum Gasteiger partial charge on any atom is 0.277 e. The van der Waals surface area contributed by atoms with Crippen LogP contribution in [0.1, 0.15) is 84.6 Å². The number of nitrogens with zero attached hydrogens (tertiary/aromatic N) is 5. The maximum atomic E-state index is 12.8. The predicted molar refractivity (Wildman–Crippen MR) is 148 cm³/mol. The number of aromatic nitrogens is 3. The molecule has 1 aromatic carbocycles. The van der Waals surface area contributed by atoms with E-state index in [0.717, 1.165) is 61.5 Å². The minimum atomic E-state index is -0.155. The van der Waals surface area contributed by atoms with Crippen LogP contribution in [0, 0.1) is 11.8 Å². The van der Waals surface area contributed by atoms with Gasteiger partial charge >= 0.3 is 0 Å². The van der Waals surface area contributed by atoms with Gasteiger partial charge in [0.25, 0.3) is 5.91 Å². The number of carbonyl (C=O) groups is 1. The summed E-state index contributed by atoms with van der Waals surface area (Å²) in [7, 11) is 1.88. The zero-order valence-corrected chi connectivity index (χ0v) is 22.1. The number of amides is 1. The van der Waals surface area contributed by atoms with Gasteiger partial charge in [-0.15, -0.1) is 0 Å². The standard InChI is InChI=1S/C31H39N5O/c1-35-21-27-26(6-3-7-30(27)34-35)31(37)32-20-23-10-8-22(9-11-23)14-17-36-18-15-25-12-13-28(24-4-2-5-24)33-29(25)16-19-36/h3,6-7,12-13,20-24H,2,4-5,8-11,14-19H2,1H3. The fourth-order valence-electron chi connectivity index (χ4n) is 6.38. The van der Waals surface area contributed by atoms with E-state index in [1.54, 1.807) is 4.68 Å². The Morgan fingerprint density at radius 2 is 1.89 bits per heavy atom. The summed E-state index contributed by atoms with van der Waals surface area (Å²) in [6.45, 7) is 3.49.